The number of ether oxygens (including phenoxy) is 1. The highest BCUT2D eigenvalue weighted by molar-refractivity contribution is 5.46. The van der Waals surface area contributed by atoms with E-state index in [0.29, 0.717) is 39.0 Å². The van der Waals surface area contributed by atoms with E-state index >= 15 is 0 Å². The van der Waals surface area contributed by atoms with E-state index in [1.807, 2.05) is 46.6 Å². The number of imidazole rings is 2. The van der Waals surface area contributed by atoms with Crippen LogP contribution in [0.25, 0.3) is 0 Å². The Kier molecular flexibility index (Phi) is 11.5. The van der Waals surface area contributed by atoms with Gasteiger partial charge in [0.2, 0.25) is 12.7 Å². The first-order valence-electron chi connectivity index (χ1n) is 10.9. The lowest BCUT2D eigenvalue weighted by atomic mass is 9.84. The Labute approximate surface area is 223 Å². The molecule has 182 valence electrons. The van der Waals surface area contributed by atoms with Gasteiger partial charge in [-0.1, -0.05) is 20.8 Å². The second-order valence-corrected chi connectivity index (χ2v) is 9.04. The fourth-order valence-electron chi connectivity index (χ4n) is 3.77. The molecule has 0 aliphatic heterocycles. The molecule has 0 spiro atoms. The van der Waals surface area contributed by atoms with Gasteiger partial charge in [-0.3, -0.25) is 0 Å². The molecule has 1 aromatic carbocycles. The van der Waals surface area contributed by atoms with Crippen molar-refractivity contribution < 1.29 is 47.8 Å². The number of hydrogen-bond acceptors (Lipinski definition) is 3. The minimum absolute atomic E-state index is 0. The quantitative estimate of drug-likeness (QED) is 0.251. The molecule has 0 fully saturated rings. The lowest BCUT2D eigenvalue weighted by Gasteiger charge is -2.23. The Hall–Kier alpha value is -2.62. The maximum atomic E-state index is 8.84. The van der Waals surface area contributed by atoms with Crippen molar-refractivity contribution in [3.05, 3.63) is 66.3 Å². The van der Waals surface area contributed by atoms with E-state index in [1.165, 1.54) is 5.56 Å². The predicted molar refractivity (Wildman–Crippen MR) is 120 cm³/mol. The molecule has 0 aliphatic carbocycles. The minimum Gasteiger partial charge on any atom is -1.00 e. The highest BCUT2D eigenvalue weighted by Gasteiger charge is 2.22. The molecule has 0 N–H and O–H groups in total. The summed E-state index contributed by atoms with van der Waals surface area (Å²) >= 11 is 0. The SMILES string of the molecule is COc1c(C[n+]2ccn(CCC#N)c2)cc(C(C)(C)C)cc1C[n+]1ccn(CCC#N)c1.[Br-].[Br-]. The lowest BCUT2D eigenvalue weighted by Crippen LogP contribution is -3.00. The van der Waals surface area contributed by atoms with Crippen LogP contribution in [0, 0.1) is 22.7 Å². The summed E-state index contributed by atoms with van der Waals surface area (Å²) in [6.45, 7) is 9.42. The van der Waals surface area contributed by atoms with E-state index in [9.17, 15) is 0 Å². The second kappa shape index (κ2) is 13.3. The van der Waals surface area contributed by atoms with E-state index in [4.69, 9.17) is 15.3 Å². The van der Waals surface area contributed by atoms with Crippen molar-refractivity contribution in [1.82, 2.24) is 9.13 Å². The number of aryl methyl sites for hydroxylation is 2. The molecule has 9 heteroatoms. The number of nitrogens with zero attached hydrogens (tertiary/aromatic N) is 6. The van der Waals surface area contributed by atoms with Crippen molar-refractivity contribution in [3.8, 4) is 17.9 Å². The second-order valence-electron chi connectivity index (χ2n) is 9.04. The normalized spacial score (nSPS) is 10.5. The number of rotatable bonds is 9. The van der Waals surface area contributed by atoms with Crippen molar-refractivity contribution >= 4 is 0 Å². The predicted octanol–water partition coefficient (Wildman–Crippen LogP) is -2.90. The van der Waals surface area contributed by atoms with E-state index in [0.717, 1.165) is 16.9 Å². The van der Waals surface area contributed by atoms with Gasteiger partial charge in [0, 0.05) is 11.1 Å². The summed E-state index contributed by atoms with van der Waals surface area (Å²) in [4.78, 5) is 0. The van der Waals surface area contributed by atoms with Crippen LogP contribution in [-0.4, -0.2) is 16.2 Å². The highest BCUT2D eigenvalue weighted by atomic mass is 79.9. The van der Waals surface area contributed by atoms with Gasteiger partial charge in [0.1, 0.15) is 56.7 Å². The molecular weight excluding hydrogens is 560 g/mol. The van der Waals surface area contributed by atoms with Crippen molar-refractivity contribution in [2.75, 3.05) is 7.11 Å². The first-order chi connectivity index (χ1) is 15.3. The van der Waals surface area contributed by atoms with E-state index < -0.39 is 0 Å². The van der Waals surface area contributed by atoms with Crippen LogP contribution in [-0.2, 0) is 31.6 Å². The summed E-state index contributed by atoms with van der Waals surface area (Å²) in [5, 5.41) is 17.7. The van der Waals surface area contributed by atoms with Gasteiger partial charge >= 0.3 is 0 Å². The van der Waals surface area contributed by atoms with Crippen LogP contribution in [0.3, 0.4) is 0 Å². The molecule has 2 heterocycles. The first kappa shape index (κ1) is 29.4. The van der Waals surface area contributed by atoms with Crippen LogP contribution in [0.5, 0.6) is 5.75 Å². The van der Waals surface area contributed by atoms with Gasteiger partial charge in [0.15, 0.2) is 0 Å². The van der Waals surface area contributed by atoms with Gasteiger partial charge in [0.25, 0.3) is 0 Å². The van der Waals surface area contributed by atoms with Crippen LogP contribution < -0.4 is 47.8 Å². The van der Waals surface area contributed by atoms with Crippen LogP contribution in [0.2, 0.25) is 0 Å². The topological polar surface area (TPSA) is 74.4 Å². The summed E-state index contributed by atoms with van der Waals surface area (Å²) in [6, 6.07) is 8.86. The van der Waals surface area contributed by atoms with Gasteiger partial charge < -0.3 is 38.7 Å². The fraction of sp³-hybridized carbons (Fsp3) is 0.440. The Morgan fingerprint density at radius 1 is 0.853 bits per heavy atom. The molecule has 2 aromatic heterocycles. The molecule has 0 saturated heterocycles. The number of methoxy groups -OCH3 is 1. The third kappa shape index (κ3) is 7.72. The fourth-order valence-corrected chi connectivity index (χ4v) is 3.77. The van der Waals surface area contributed by atoms with Gasteiger partial charge in [-0.25, -0.2) is 18.3 Å². The molecule has 34 heavy (non-hydrogen) atoms. The summed E-state index contributed by atoms with van der Waals surface area (Å²) in [5.41, 5.74) is 3.52. The Morgan fingerprint density at radius 3 is 1.65 bits per heavy atom. The van der Waals surface area contributed by atoms with Crippen molar-refractivity contribution in [1.29, 1.82) is 10.5 Å². The molecule has 3 rings (SSSR count). The Morgan fingerprint density at radius 2 is 1.29 bits per heavy atom. The van der Waals surface area contributed by atoms with E-state index in [1.54, 1.807) is 7.11 Å². The zero-order valence-corrected chi connectivity index (χ0v) is 23.4. The molecule has 0 amide bonds. The molecular formula is C25H32Br2N6O. The van der Waals surface area contributed by atoms with Crippen molar-refractivity contribution in [2.45, 2.75) is 65.2 Å². The van der Waals surface area contributed by atoms with Crippen LogP contribution in [0.1, 0.15) is 50.3 Å². The summed E-state index contributed by atoms with van der Waals surface area (Å²) in [7, 11) is 1.73. The molecule has 0 aliphatic rings. The maximum Gasteiger partial charge on any atom is 0.244 e. The average Bonchev–Trinajstić information content (AvgIpc) is 3.39. The Balaban J connectivity index is 0.00000289. The van der Waals surface area contributed by atoms with E-state index in [-0.39, 0.29) is 39.4 Å². The third-order valence-electron chi connectivity index (χ3n) is 5.47. The molecule has 0 unspecified atom stereocenters. The van der Waals surface area contributed by atoms with Gasteiger partial charge in [-0.2, -0.15) is 10.5 Å². The smallest absolute Gasteiger partial charge is 0.244 e. The zero-order valence-electron chi connectivity index (χ0n) is 20.2. The van der Waals surface area contributed by atoms with Crippen molar-refractivity contribution in [2.24, 2.45) is 0 Å². The third-order valence-corrected chi connectivity index (χ3v) is 5.47. The number of benzene rings is 1. The first-order valence-corrected chi connectivity index (χ1v) is 10.9. The monoisotopic (exact) mass is 590 g/mol. The zero-order chi connectivity index (χ0) is 23.1. The van der Waals surface area contributed by atoms with Gasteiger partial charge in [0.05, 0.1) is 32.1 Å². The summed E-state index contributed by atoms with van der Waals surface area (Å²) in [6.07, 6.45) is 13.1. The largest absolute Gasteiger partial charge is 1.00 e. The molecule has 7 nitrogen and oxygen atoms in total. The summed E-state index contributed by atoms with van der Waals surface area (Å²) in [5.74, 6) is 0.896. The lowest BCUT2D eigenvalue weighted by molar-refractivity contribution is -0.689. The molecule has 0 bridgehead atoms. The number of nitriles is 2. The standard InChI is InChI=1S/C25H32N6O.2BrH/c1-25(2,3)23-15-21(17-30-13-11-28(19-30)9-5-7-26)24(32-4)22(16-23)18-31-14-12-29(20-31)10-6-8-27;;/h11-16,19-20H,5-6,9-10,17-18H2,1-4H3;2*1H/q+2;;/p-2. The van der Waals surface area contributed by atoms with Gasteiger partial charge in [-0.15, -0.1) is 0 Å². The molecule has 0 saturated carbocycles. The van der Waals surface area contributed by atoms with Crippen LogP contribution in [0.15, 0.2) is 49.6 Å². The van der Waals surface area contributed by atoms with Crippen LogP contribution >= 0.6 is 0 Å². The number of hydrogen-bond donors (Lipinski definition) is 0. The molecule has 0 radical (unpaired) electrons. The van der Waals surface area contributed by atoms with Crippen molar-refractivity contribution in [3.63, 3.8) is 0 Å². The highest BCUT2D eigenvalue weighted by Crippen LogP contribution is 2.32. The number of halogens is 2. The Bertz CT molecular complexity index is 1070. The maximum absolute atomic E-state index is 8.84. The number of aromatic nitrogens is 4. The minimum atomic E-state index is 0. The van der Waals surface area contributed by atoms with Gasteiger partial charge in [-0.05, 0) is 23.1 Å². The molecule has 0 atom stereocenters. The average molecular weight is 592 g/mol. The summed E-state index contributed by atoms with van der Waals surface area (Å²) < 4.78 is 14.2. The molecule has 3 aromatic rings. The van der Waals surface area contributed by atoms with E-state index in [2.05, 4.69) is 54.2 Å². The van der Waals surface area contributed by atoms with Crippen LogP contribution in [0.4, 0.5) is 0 Å².